The zero-order valence-electron chi connectivity index (χ0n) is 10.4. The molecule has 2 heterocycles. The van der Waals surface area contributed by atoms with Gasteiger partial charge in [-0.1, -0.05) is 0 Å². The fourth-order valence-electron chi connectivity index (χ4n) is 2.80. The summed E-state index contributed by atoms with van der Waals surface area (Å²) < 4.78 is 11.4. The van der Waals surface area contributed by atoms with Gasteiger partial charge in [-0.25, -0.2) is 0 Å². The van der Waals surface area contributed by atoms with Crippen LogP contribution in [-0.2, 0) is 9.47 Å². The maximum atomic E-state index is 5.93. The Bertz CT molecular complexity index is 219. The molecular formula is C12H24N2O2. The molecule has 4 unspecified atom stereocenters. The van der Waals surface area contributed by atoms with Gasteiger partial charge in [0.15, 0.2) is 0 Å². The lowest BCUT2D eigenvalue weighted by molar-refractivity contribution is -0.0876. The third kappa shape index (κ3) is 2.56. The highest BCUT2D eigenvalue weighted by Gasteiger charge is 2.35. The van der Waals surface area contributed by atoms with E-state index in [1.807, 2.05) is 0 Å². The van der Waals surface area contributed by atoms with Gasteiger partial charge < -0.3 is 15.2 Å². The second kappa shape index (κ2) is 5.45. The quantitative estimate of drug-likeness (QED) is 0.768. The number of morpholine rings is 1. The molecule has 4 nitrogen and oxygen atoms in total. The molecule has 0 bridgehead atoms. The van der Waals surface area contributed by atoms with Crippen LogP contribution in [0.25, 0.3) is 0 Å². The summed E-state index contributed by atoms with van der Waals surface area (Å²) in [5, 5.41) is 0. The van der Waals surface area contributed by atoms with E-state index in [1.54, 1.807) is 0 Å². The van der Waals surface area contributed by atoms with Crippen LogP contribution < -0.4 is 5.73 Å². The normalized spacial score (nSPS) is 38.8. The first-order valence-electron chi connectivity index (χ1n) is 6.41. The number of rotatable bonds is 3. The predicted molar refractivity (Wildman–Crippen MR) is 63.4 cm³/mol. The minimum atomic E-state index is 0.312. The van der Waals surface area contributed by atoms with E-state index in [9.17, 15) is 0 Å². The molecular weight excluding hydrogens is 204 g/mol. The third-order valence-electron chi connectivity index (χ3n) is 3.72. The molecule has 2 rings (SSSR count). The SMILES string of the molecule is CC1CN(C(CN)C2CCCO2)C(C)CO1. The van der Waals surface area contributed by atoms with Crippen molar-refractivity contribution in [3.63, 3.8) is 0 Å². The Kier molecular flexibility index (Phi) is 4.19. The van der Waals surface area contributed by atoms with Crippen LogP contribution in [0.2, 0.25) is 0 Å². The average Bonchev–Trinajstić information content (AvgIpc) is 2.78. The monoisotopic (exact) mass is 228 g/mol. The number of nitrogens with zero attached hydrogens (tertiary/aromatic N) is 1. The fourth-order valence-corrected chi connectivity index (χ4v) is 2.80. The van der Waals surface area contributed by atoms with E-state index in [0.29, 0.717) is 30.8 Å². The van der Waals surface area contributed by atoms with Crippen LogP contribution in [0.5, 0.6) is 0 Å². The Morgan fingerprint density at radius 1 is 1.38 bits per heavy atom. The Morgan fingerprint density at radius 3 is 2.81 bits per heavy atom. The molecule has 94 valence electrons. The van der Waals surface area contributed by atoms with Gasteiger partial charge >= 0.3 is 0 Å². The zero-order chi connectivity index (χ0) is 11.5. The molecule has 2 aliphatic rings. The second-order valence-corrected chi connectivity index (χ2v) is 5.04. The molecule has 4 atom stereocenters. The standard InChI is InChI=1S/C12H24N2O2/c1-9-8-16-10(2)7-14(9)11(6-13)12-4-3-5-15-12/h9-12H,3-8,13H2,1-2H3. The average molecular weight is 228 g/mol. The van der Waals surface area contributed by atoms with Gasteiger partial charge in [0.1, 0.15) is 0 Å². The van der Waals surface area contributed by atoms with E-state index < -0.39 is 0 Å². The molecule has 0 aromatic heterocycles. The summed E-state index contributed by atoms with van der Waals surface area (Å²) in [6, 6.07) is 0.817. The molecule has 2 N–H and O–H groups in total. The summed E-state index contributed by atoms with van der Waals surface area (Å²) >= 11 is 0. The van der Waals surface area contributed by atoms with Crippen LogP contribution in [0.3, 0.4) is 0 Å². The lowest BCUT2D eigenvalue weighted by Crippen LogP contribution is -2.58. The van der Waals surface area contributed by atoms with E-state index in [-0.39, 0.29) is 0 Å². The lowest BCUT2D eigenvalue weighted by Gasteiger charge is -2.43. The van der Waals surface area contributed by atoms with Gasteiger partial charge in [-0.3, -0.25) is 4.90 Å². The molecule has 0 amide bonds. The predicted octanol–water partition coefficient (Wildman–Crippen LogP) is 0.602. The van der Waals surface area contributed by atoms with E-state index in [0.717, 1.165) is 26.2 Å². The first-order chi connectivity index (χ1) is 7.72. The number of hydrogen-bond acceptors (Lipinski definition) is 4. The van der Waals surface area contributed by atoms with Gasteiger partial charge in [0.05, 0.1) is 18.8 Å². The van der Waals surface area contributed by atoms with E-state index in [2.05, 4.69) is 18.7 Å². The van der Waals surface area contributed by atoms with Crippen molar-refractivity contribution in [1.29, 1.82) is 0 Å². The second-order valence-electron chi connectivity index (χ2n) is 5.04. The van der Waals surface area contributed by atoms with Crippen LogP contribution in [0.4, 0.5) is 0 Å². The van der Waals surface area contributed by atoms with Crippen molar-refractivity contribution in [1.82, 2.24) is 4.90 Å². The molecule has 0 spiro atoms. The molecule has 4 heteroatoms. The van der Waals surface area contributed by atoms with Gasteiger partial charge in [-0.15, -0.1) is 0 Å². The minimum absolute atomic E-state index is 0.312. The Balaban J connectivity index is 2.00. The lowest BCUT2D eigenvalue weighted by atomic mass is 10.0. The van der Waals surface area contributed by atoms with Crippen molar-refractivity contribution < 1.29 is 9.47 Å². The van der Waals surface area contributed by atoms with Crippen LogP contribution in [-0.4, -0.2) is 55.5 Å². The van der Waals surface area contributed by atoms with E-state index in [1.165, 1.54) is 6.42 Å². The van der Waals surface area contributed by atoms with Gasteiger partial charge in [0, 0.05) is 31.8 Å². The molecule has 2 aliphatic heterocycles. The van der Waals surface area contributed by atoms with E-state index >= 15 is 0 Å². The maximum absolute atomic E-state index is 5.93. The molecule has 0 aromatic rings. The van der Waals surface area contributed by atoms with Gasteiger partial charge in [0.2, 0.25) is 0 Å². The summed E-state index contributed by atoms with van der Waals surface area (Å²) in [4.78, 5) is 2.48. The van der Waals surface area contributed by atoms with Crippen molar-refractivity contribution in [2.45, 2.75) is 51.0 Å². The number of nitrogens with two attached hydrogens (primary N) is 1. The molecule has 0 saturated carbocycles. The Labute approximate surface area is 98.1 Å². The number of ether oxygens (including phenoxy) is 2. The first kappa shape index (κ1) is 12.3. The highest BCUT2D eigenvalue weighted by Crippen LogP contribution is 2.23. The highest BCUT2D eigenvalue weighted by atomic mass is 16.5. The molecule has 0 aromatic carbocycles. The van der Waals surface area contributed by atoms with Crippen LogP contribution in [0.1, 0.15) is 26.7 Å². The summed E-state index contributed by atoms with van der Waals surface area (Å²) in [6.45, 7) is 7.70. The number of hydrogen-bond donors (Lipinski definition) is 1. The van der Waals surface area contributed by atoms with Crippen LogP contribution in [0, 0.1) is 0 Å². The largest absolute Gasteiger partial charge is 0.377 e. The molecule has 2 fully saturated rings. The smallest absolute Gasteiger partial charge is 0.0743 e. The van der Waals surface area contributed by atoms with Crippen molar-refractivity contribution in [3.05, 3.63) is 0 Å². The van der Waals surface area contributed by atoms with Crippen molar-refractivity contribution in [2.75, 3.05) is 26.3 Å². The molecule has 2 saturated heterocycles. The molecule has 16 heavy (non-hydrogen) atoms. The van der Waals surface area contributed by atoms with Crippen LogP contribution in [0.15, 0.2) is 0 Å². The zero-order valence-corrected chi connectivity index (χ0v) is 10.4. The van der Waals surface area contributed by atoms with E-state index in [4.69, 9.17) is 15.2 Å². The molecule has 0 radical (unpaired) electrons. The molecule has 0 aliphatic carbocycles. The summed E-state index contributed by atoms with van der Waals surface area (Å²) in [5.41, 5.74) is 5.93. The minimum Gasteiger partial charge on any atom is -0.377 e. The van der Waals surface area contributed by atoms with Gasteiger partial charge in [-0.2, -0.15) is 0 Å². The summed E-state index contributed by atoms with van der Waals surface area (Å²) in [6.07, 6.45) is 2.97. The van der Waals surface area contributed by atoms with Gasteiger partial charge in [0.25, 0.3) is 0 Å². The first-order valence-corrected chi connectivity index (χ1v) is 6.41. The summed E-state index contributed by atoms with van der Waals surface area (Å²) in [5.74, 6) is 0. The Morgan fingerprint density at radius 2 is 2.19 bits per heavy atom. The Hall–Kier alpha value is -0.160. The van der Waals surface area contributed by atoms with Gasteiger partial charge in [-0.05, 0) is 26.7 Å². The van der Waals surface area contributed by atoms with Crippen molar-refractivity contribution in [3.8, 4) is 0 Å². The summed E-state index contributed by atoms with van der Waals surface area (Å²) in [7, 11) is 0. The van der Waals surface area contributed by atoms with Crippen LogP contribution >= 0.6 is 0 Å². The maximum Gasteiger partial charge on any atom is 0.0743 e. The van der Waals surface area contributed by atoms with Crippen molar-refractivity contribution in [2.24, 2.45) is 5.73 Å². The highest BCUT2D eigenvalue weighted by molar-refractivity contribution is 4.89. The third-order valence-corrected chi connectivity index (χ3v) is 3.72. The van der Waals surface area contributed by atoms with Crippen molar-refractivity contribution >= 4 is 0 Å². The fraction of sp³-hybridized carbons (Fsp3) is 1.00. The topological polar surface area (TPSA) is 47.7 Å².